The average molecular weight is 858 g/mol. The molecule has 1 amide bonds. The summed E-state index contributed by atoms with van der Waals surface area (Å²) in [5, 5.41) is 23.1. The fourth-order valence-corrected chi connectivity index (χ4v) is 8.02. The van der Waals surface area contributed by atoms with Gasteiger partial charge in [0.05, 0.1) is 25.4 Å². The number of nitrogens with one attached hydrogen (secondary N) is 1. The highest BCUT2D eigenvalue weighted by Gasteiger charge is 2.18. The molecule has 0 bridgehead atoms. The van der Waals surface area contributed by atoms with Gasteiger partial charge in [-0.05, 0) is 64.2 Å². The lowest BCUT2D eigenvalue weighted by Crippen LogP contribution is -2.45. The van der Waals surface area contributed by atoms with Gasteiger partial charge in [-0.1, -0.05) is 237 Å². The number of hydrogen-bond donors (Lipinski definition) is 3. The predicted octanol–water partition coefficient (Wildman–Crippen LogP) is 16.1. The summed E-state index contributed by atoms with van der Waals surface area (Å²) in [4.78, 5) is 24.5. The summed E-state index contributed by atoms with van der Waals surface area (Å²) in [5.74, 6) is -0.120. The highest BCUT2D eigenvalue weighted by atomic mass is 16.5. The Labute approximate surface area is 379 Å². The molecule has 0 spiro atoms. The lowest BCUT2D eigenvalue weighted by molar-refractivity contribution is -0.143. The Kier molecular flexibility index (Phi) is 49.1. The minimum Gasteiger partial charge on any atom is -0.466 e. The van der Waals surface area contributed by atoms with Crippen molar-refractivity contribution >= 4 is 11.9 Å². The molecule has 6 nitrogen and oxygen atoms in total. The number of allylic oxidation sites excluding steroid dienone is 5. The molecule has 0 aromatic heterocycles. The van der Waals surface area contributed by atoms with Crippen molar-refractivity contribution < 1.29 is 24.5 Å². The zero-order chi connectivity index (χ0) is 44.4. The van der Waals surface area contributed by atoms with E-state index in [-0.39, 0.29) is 18.5 Å². The molecule has 0 aromatic carbocycles. The molecule has 0 aliphatic carbocycles. The highest BCUT2D eigenvalue weighted by Crippen LogP contribution is 2.16. The van der Waals surface area contributed by atoms with Crippen molar-refractivity contribution in [1.29, 1.82) is 0 Å². The van der Waals surface area contributed by atoms with E-state index >= 15 is 0 Å². The fourth-order valence-electron chi connectivity index (χ4n) is 8.02. The van der Waals surface area contributed by atoms with Crippen LogP contribution in [0, 0.1) is 0 Å². The zero-order valence-electron chi connectivity index (χ0n) is 40.6. The SMILES string of the molecule is CCCCC/C=C\C/C=C\CCCCCCCCCC(=O)OCCCCCCCCCCCCC(=O)NC(CO)C(O)/C=C/CCCCCCCCCCCCCCCCC. The van der Waals surface area contributed by atoms with Crippen LogP contribution in [0.4, 0.5) is 0 Å². The average Bonchev–Trinajstić information content (AvgIpc) is 3.26. The van der Waals surface area contributed by atoms with Gasteiger partial charge in [0, 0.05) is 12.8 Å². The topological polar surface area (TPSA) is 95.9 Å². The van der Waals surface area contributed by atoms with Crippen LogP contribution in [-0.4, -0.2) is 47.4 Å². The van der Waals surface area contributed by atoms with E-state index in [1.165, 1.54) is 186 Å². The van der Waals surface area contributed by atoms with E-state index < -0.39 is 12.1 Å². The largest absolute Gasteiger partial charge is 0.466 e. The summed E-state index contributed by atoms with van der Waals surface area (Å²) in [6.07, 6.45) is 61.4. The van der Waals surface area contributed by atoms with Gasteiger partial charge in [-0.15, -0.1) is 0 Å². The van der Waals surface area contributed by atoms with Gasteiger partial charge in [-0.3, -0.25) is 9.59 Å². The Hall–Kier alpha value is -1.92. The van der Waals surface area contributed by atoms with Crippen LogP contribution in [0.5, 0.6) is 0 Å². The molecule has 3 N–H and O–H groups in total. The van der Waals surface area contributed by atoms with Crippen molar-refractivity contribution in [3.63, 3.8) is 0 Å². The zero-order valence-corrected chi connectivity index (χ0v) is 40.6. The Morgan fingerprint density at radius 3 is 1.28 bits per heavy atom. The van der Waals surface area contributed by atoms with Crippen LogP contribution in [0.25, 0.3) is 0 Å². The molecule has 2 atom stereocenters. The molecular formula is C55H103NO5. The standard InChI is InChI=1S/C55H103NO5/c1-3-5-7-9-11-13-15-17-19-21-23-25-27-31-35-39-43-47-53(58)52(51-57)56-54(59)48-44-40-36-32-29-30-34-38-42-46-50-61-55(60)49-45-41-37-33-28-26-24-22-20-18-16-14-12-10-8-6-4-2/h12,14,18,20,43,47,52-53,57-58H,3-11,13,15-17,19,21-42,44-46,48-51H2,1-2H3,(H,56,59)/b14-12-,20-18-,47-43+. The first kappa shape index (κ1) is 59.1. The molecule has 0 aromatic rings. The Morgan fingerprint density at radius 1 is 0.459 bits per heavy atom. The molecule has 0 saturated carbocycles. The summed E-state index contributed by atoms with van der Waals surface area (Å²) < 4.78 is 5.46. The molecule has 0 heterocycles. The number of aliphatic hydroxyl groups excluding tert-OH is 2. The summed E-state index contributed by atoms with van der Waals surface area (Å²) in [7, 11) is 0. The van der Waals surface area contributed by atoms with E-state index in [1.807, 2.05) is 6.08 Å². The number of esters is 1. The van der Waals surface area contributed by atoms with E-state index in [4.69, 9.17) is 4.74 Å². The second-order valence-electron chi connectivity index (χ2n) is 18.2. The molecule has 0 radical (unpaired) electrons. The van der Waals surface area contributed by atoms with E-state index in [0.717, 1.165) is 64.2 Å². The van der Waals surface area contributed by atoms with Crippen LogP contribution in [-0.2, 0) is 14.3 Å². The maximum atomic E-state index is 12.4. The van der Waals surface area contributed by atoms with Gasteiger partial charge in [0.2, 0.25) is 5.91 Å². The number of carbonyl (C=O) groups excluding carboxylic acids is 2. The van der Waals surface area contributed by atoms with Crippen molar-refractivity contribution in [1.82, 2.24) is 5.32 Å². The number of ether oxygens (including phenoxy) is 1. The van der Waals surface area contributed by atoms with Crippen molar-refractivity contribution in [2.24, 2.45) is 0 Å². The summed E-state index contributed by atoms with van der Waals surface area (Å²) in [6, 6.07) is -0.646. The molecule has 61 heavy (non-hydrogen) atoms. The number of unbranched alkanes of at least 4 members (excludes halogenated alkanes) is 34. The molecular weight excluding hydrogens is 755 g/mol. The quantitative estimate of drug-likeness (QED) is 0.0322. The Balaban J connectivity index is 3.52. The third-order valence-electron chi connectivity index (χ3n) is 12.2. The molecule has 2 unspecified atom stereocenters. The maximum Gasteiger partial charge on any atom is 0.305 e. The second kappa shape index (κ2) is 50.7. The van der Waals surface area contributed by atoms with Crippen molar-refractivity contribution in [2.45, 2.75) is 289 Å². The third kappa shape index (κ3) is 47.4. The maximum absolute atomic E-state index is 12.4. The van der Waals surface area contributed by atoms with Crippen LogP contribution in [0.2, 0.25) is 0 Å². The van der Waals surface area contributed by atoms with Gasteiger partial charge in [0.15, 0.2) is 0 Å². The molecule has 0 aliphatic rings. The summed E-state index contributed by atoms with van der Waals surface area (Å²) in [5.41, 5.74) is 0. The molecule has 0 aliphatic heterocycles. The van der Waals surface area contributed by atoms with Crippen LogP contribution in [0.15, 0.2) is 36.5 Å². The second-order valence-corrected chi connectivity index (χ2v) is 18.2. The monoisotopic (exact) mass is 858 g/mol. The van der Waals surface area contributed by atoms with E-state index in [1.54, 1.807) is 6.08 Å². The molecule has 358 valence electrons. The number of hydrogen-bond acceptors (Lipinski definition) is 5. The van der Waals surface area contributed by atoms with E-state index in [0.29, 0.717) is 19.4 Å². The first-order chi connectivity index (χ1) is 30.0. The summed E-state index contributed by atoms with van der Waals surface area (Å²) >= 11 is 0. The minimum absolute atomic E-state index is 0.0288. The van der Waals surface area contributed by atoms with Gasteiger partial charge in [0.1, 0.15) is 0 Å². The number of amides is 1. The Bertz CT molecular complexity index is 993. The van der Waals surface area contributed by atoms with Gasteiger partial charge in [0.25, 0.3) is 0 Å². The van der Waals surface area contributed by atoms with Gasteiger partial charge < -0.3 is 20.3 Å². The van der Waals surface area contributed by atoms with Gasteiger partial charge in [-0.25, -0.2) is 0 Å². The highest BCUT2D eigenvalue weighted by molar-refractivity contribution is 5.76. The van der Waals surface area contributed by atoms with Crippen molar-refractivity contribution in [2.75, 3.05) is 13.2 Å². The van der Waals surface area contributed by atoms with E-state index in [9.17, 15) is 19.8 Å². The normalized spacial score (nSPS) is 12.9. The first-order valence-corrected chi connectivity index (χ1v) is 26.8. The molecule has 6 heteroatoms. The molecule has 0 rings (SSSR count). The molecule has 0 saturated heterocycles. The smallest absolute Gasteiger partial charge is 0.305 e. The lowest BCUT2D eigenvalue weighted by atomic mass is 10.0. The van der Waals surface area contributed by atoms with Crippen molar-refractivity contribution in [3.05, 3.63) is 36.5 Å². The fraction of sp³-hybridized carbons (Fsp3) is 0.855. The lowest BCUT2D eigenvalue weighted by Gasteiger charge is -2.20. The third-order valence-corrected chi connectivity index (χ3v) is 12.2. The van der Waals surface area contributed by atoms with Crippen molar-refractivity contribution in [3.8, 4) is 0 Å². The number of carbonyl (C=O) groups is 2. The van der Waals surface area contributed by atoms with Gasteiger partial charge in [-0.2, -0.15) is 0 Å². The number of rotatable bonds is 49. The minimum atomic E-state index is -0.860. The Morgan fingerprint density at radius 2 is 0.820 bits per heavy atom. The van der Waals surface area contributed by atoms with Crippen LogP contribution in [0.3, 0.4) is 0 Å². The van der Waals surface area contributed by atoms with Crippen LogP contribution < -0.4 is 5.32 Å². The first-order valence-electron chi connectivity index (χ1n) is 26.8. The van der Waals surface area contributed by atoms with Crippen LogP contribution in [0.1, 0.15) is 277 Å². The predicted molar refractivity (Wildman–Crippen MR) is 264 cm³/mol. The van der Waals surface area contributed by atoms with Gasteiger partial charge >= 0.3 is 5.97 Å². The molecule has 0 fully saturated rings. The summed E-state index contributed by atoms with van der Waals surface area (Å²) in [6.45, 7) is 4.82. The van der Waals surface area contributed by atoms with Crippen LogP contribution >= 0.6 is 0 Å². The van der Waals surface area contributed by atoms with E-state index in [2.05, 4.69) is 43.5 Å². The number of aliphatic hydroxyl groups is 2.